The molecule has 2 heterocycles. The molecule has 1 fully saturated rings. The van der Waals surface area contributed by atoms with Gasteiger partial charge in [-0.1, -0.05) is 6.92 Å². The second-order valence-electron chi connectivity index (χ2n) is 6.56. The summed E-state index contributed by atoms with van der Waals surface area (Å²) in [6.07, 6.45) is 2.48. The molecule has 1 saturated heterocycles. The minimum Gasteiger partial charge on any atom is -0.362 e. The Bertz CT molecular complexity index is 976. The number of sulfonamides is 1. The molecule has 0 radical (unpaired) electrons. The number of thiophene rings is 1. The lowest BCUT2D eigenvalue weighted by Crippen LogP contribution is -2.20. The molecule has 1 aliphatic rings. The van der Waals surface area contributed by atoms with Gasteiger partial charge in [0.2, 0.25) is 0 Å². The summed E-state index contributed by atoms with van der Waals surface area (Å²) in [6.45, 7) is 4.88. The largest absolute Gasteiger partial charge is 0.362 e. The van der Waals surface area contributed by atoms with Crippen molar-refractivity contribution in [1.29, 1.82) is 0 Å². The Labute approximate surface area is 164 Å². The van der Waals surface area contributed by atoms with Gasteiger partial charge in [-0.3, -0.25) is 4.79 Å². The number of carbonyl (C=O) groups is 1. The summed E-state index contributed by atoms with van der Waals surface area (Å²) >= 11 is 1.48. The maximum absolute atomic E-state index is 12.5. The monoisotopic (exact) mass is 405 g/mol. The smallest absolute Gasteiger partial charge is 0.283 e. The summed E-state index contributed by atoms with van der Waals surface area (Å²) in [7, 11) is -1.90. The minimum atomic E-state index is -3.74. The van der Waals surface area contributed by atoms with Crippen LogP contribution in [0.5, 0.6) is 0 Å². The Kier molecular flexibility index (Phi) is 5.67. The SMILES string of the molecule is CCc1sc(C(=O)Nc2ccc(S(=O)(=O)N=C3CCCN3C)cc2)cc1C. The molecule has 2 aromatic rings. The molecule has 0 atom stereocenters. The number of hydrogen-bond donors (Lipinski definition) is 1. The van der Waals surface area contributed by atoms with E-state index in [0.29, 0.717) is 22.8 Å². The number of rotatable bonds is 5. The van der Waals surface area contributed by atoms with Crippen molar-refractivity contribution in [3.8, 4) is 0 Å². The van der Waals surface area contributed by atoms with Gasteiger partial charge in [-0.15, -0.1) is 15.7 Å². The third-order valence-electron chi connectivity index (χ3n) is 4.54. The van der Waals surface area contributed by atoms with Crippen LogP contribution in [0.2, 0.25) is 0 Å². The Hall–Kier alpha value is -2.19. The lowest BCUT2D eigenvalue weighted by atomic mass is 10.2. The van der Waals surface area contributed by atoms with Crippen LogP contribution in [0, 0.1) is 6.92 Å². The number of aryl methyl sites for hydroxylation is 2. The van der Waals surface area contributed by atoms with Crippen molar-refractivity contribution in [1.82, 2.24) is 4.90 Å². The van der Waals surface area contributed by atoms with Crippen LogP contribution in [0.4, 0.5) is 5.69 Å². The van der Waals surface area contributed by atoms with Gasteiger partial charge in [0.05, 0.1) is 9.77 Å². The first kappa shape index (κ1) is 19.6. The highest BCUT2D eigenvalue weighted by Crippen LogP contribution is 2.24. The molecule has 0 aliphatic carbocycles. The normalized spacial score (nSPS) is 16.1. The number of likely N-dealkylation sites (tertiary alicyclic amines) is 1. The topological polar surface area (TPSA) is 78.8 Å². The number of carbonyl (C=O) groups excluding carboxylic acids is 1. The number of anilines is 1. The number of nitrogens with one attached hydrogen (secondary N) is 1. The summed E-state index contributed by atoms with van der Waals surface area (Å²) in [6, 6.07) is 8.00. The van der Waals surface area contributed by atoms with Gasteiger partial charge < -0.3 is 10.2 Å². The molecule has 3 rings (SSSR count). The first-order valence-electron chi connectivity index (χ1n) is 8.86. The van der Waals surface area contributed by atoms with E-state index in [9.17, 15) is 13.2 Å². The molecule has 1 aliphatic heterocycles. The Balaban J connectivity index is 1.74. The fraction of sp³-hybridized carbons (Fsp3) is 0.368. The fourth-order valence-electron chi connectivity index (χ4n) is 2.99. The standard InChI is InChI=1S/C19H23N3O3S2/c1-4-16-13(2)12-17(26-16)19(23)20-14-7-9-15(10-8-14)27(24,25)21-18-6-5-11-22(18)3/h7-10,12H,4-6,11H2,1-3H3,(H,20,23). The Morgan fingerprint density at radius 2 is 2.00 bits per heavy atom. The molecule has 1 amide bonds. The molecule has 0 spiro atoms. The average Bonchev–Trinajstić information content (AvgIpc) is 3.20. The summed E-state index contributed by atoms with van der Waals surface area (Å²) < 4.78 is 28.9. The van der Waals surface area contributed by atoms with Crippen LogP contribution < -0.4 is 5.32 Å². The zero-order valence-corrected chi connectivity index (χ0v) is 17.3. The molecule has 0 bridgehead atoms. The van der Waals surface area contributed by atoms with Gasteiger partial charge in [-0.25, -0.2) is 0 Å². The van der Waals surface area contributed by atoms with Gasteiger partial charge in [0.25, 0.3) is 15.9 Å². The van der Waals surface area contributed by atoms with Crippen LogP contribution in [-0.4, -0.2) is 38.7 Å². The van der Waals surface area contributed by atoms with Gasteiger partial charge in [0, 0.05) is 30.6 Å². The second kappa shape index (κ2) is 7.82. The van der Waals surface area contributed by atoms with Crippen LogP contribution in [0.3, 0.4) is 0 Å². The summed E-state index contributed by atoms with van der Waals surface area (Å²) in [5.74, 6) is 0.401. The summed E-state index contributed by atoms with van der Waals surface area (Å²) in [4.78, 5) is 16.2. The fourth-order valence-corrected chi connectivity index (χ4v) is 5.09. The third-order valence-corrected chi connectivity index (χ3v) is 7.23. The van der Waals surface area contributed by atoms with Crippen molar-refractivity contribution in [2.45, 2.75) is 38.0 Å². The lowest BCUT2D eigenvalue weighted by molar-refractivity contribution is 0.103. The summed E-state index contributed by atoms with van der Waals surface area (Å²) in [5.41, 5.74) is 1.67. The van der Waals surface area contributed by atoms with E-state index >= 15 is 0 Å². The number of amidine groups is 1. The molecular formula is C19H23N3O3S2. The zero-order chi connectivity index (χ0) is 19.6. The first-order chi connectivity index (χ1) is 12.8. The van der Waals surface area contributed by atoms with E-state index in [1.54, 1.807) is 12.1 Å². The summed E-state index contributed by atoms with van der Waals surface area (Å²) in [5, 5.41) is 2.81. The van der Waals surface area contributed by atoms with E-state index in [4.69, 9.17) is 0 Å². The zero-order valence-electron chi connectivity index (χ0n) is 15.7. The van der Waals surface area contributed by atoms with E-state index in [1.165, 1.54) is 28.3 Å². The molecular weight excluding hydrogens is 382 g/mol. The van der Waals surface area contributed by atoms with Crippen LogP contribution in [0.1, 0.15) is 39.9 Å². The molecule has 8 heteroatoms. The van der Waals surface area contributed by atoms with E-state index in [2.05, 4.69) is 16.6 Å². The number of benzene rings is 1. The molecule has 1 N–H and O–H groups in total. The highest BCUT2D eigenvalue weighted by atomic mass is 32.2. The highest BCUT2D eigenvalue weighted by molar-refractivity contribution is 7.90. The Morgan fingerprint density at radius 1 is 1.30 bits per heavy atom. The average molecular weight is 406 g/mol. The predicted octanol–water partition coefficient (Wildman–Crippen LogP) is 3.68. The first-order valence-corrected chi connectivity index (χ1v) is 11.1. The molecule has 6 nitrogen and oxygen atoms in total. The van der Waals surface area contributed by atoms with Gasteiger partial charge in [0.15, 0.2) is 0 Å². The van der Waals surface area contributed by atoms with Crippen molar-refractivity contribution >= 4 is 38.8 Å². The predicted molar refractivity (Wildman–Crippen MR) is 109 cm³/mol. The van der Waals surface area contributed by atoms with Gasteiger partial charge in [-0.05, 0) is 55.7 Å². The van der Waals surface area contributed by atoms with Crippen LogP contribution >= 0.6 is 11.3 Å². The highest BCUT2D eigenvalue weighted by Gasteiger charge is 2.20. The molecule has 0 unspecified atom stereocenters. The van der Waals surface area contributed by atoms with Crippen molar-refractivity contribution < 1.29 is 13.2 Å². The third kappa shape index (κ3) is 4.39. The molecule has 1 aromatic heterocycles. The van der Waals surface area contributed by atoms with Crippen molar-refractivity contribution in [3.63, 3.8) is 0 Å². The van der Waals surface area contributed by atoms with Gasteiger partial charge in [-0.2, -0.15) is 8.42 Å². The van der Waals surface area contributed by atoms with Crippen LogP contribution in [0.15, 0.2) is 39.6 Å². The van der Waals surface area contributed by atoms with Gasteiger partial charge in [0.1, 0.15) is 5.84 Å². The molecule has 27 heavy (non-hydrogen) atoms. The second-order valence-corrected chi connectivity index (χ2v) is 9.30. The lowest BCUT2D eigenvalue weighted by Gasteiger charge is -2.11. The minimum absolute atomic E-state index is 0.119. The van der Waals surface area contributed by atoms with Crippen molar-refractivity contribution in [2.24, 2.45) is 4.40 Å². The van der Waals surface area contributed by atoms with Gasteiger partial charge >= 0.3 is 0 Å². The van der Waals surface area contributed by atoms with Crippen LogP contribution in [0.25, 0.3) is 0 Å². The molecule has 0 saturated carbocycles. The van der Waals surface area contributed by atoms with E-state index < -0.39 is 10.0 Å². The number of amides is 1. The maximum atomic E-state index is 12.5. The molecule has 1 aromatic carbocycles. The quantitative estimate of drug-likeness (QED) is 0.823. The number of hydrogen-bond acceptors (Lipinski definition) is 4. The molecule has 144 valence electrons. The van der Waals surface area contributed by atoms with Crippen molar-refractivity contribution in [2.75, 3.05) is 18.9 Å². The number of nitrogens with zero attached hydrogens (tertiary/aromatic N) is 2. The van der Waals surface area contributed by atoms with E-state index in [0.717, 1.165) is 24.9 Å². The van der Waals surface area contributed by atoms with E-state index in [1.807, 2.05) is 24.9 Å². The van der Waals surface area contributed by atoms with E-state index in [-0.39, 0.29) is 10.8 Å². The maximum Gasteiger partial charge on any atom is 0.283 e. The van der Waals surface area contributed by atoms with Crippen LogP contribution in [-0.2, 0) is 16.4 Å². The van der Waals surface area contributed by atoms with Crippen molar-refractivity contribution in [3.05, 3.63) is 45.6 Å². The Morgan fingerprint density at radius 3 is 2.56 bits per heavy atom.